The second kappa shape index (κ2) is 13.1. The van der Waals surface area contributed by atoms with Crippen LogP contribution in [0, 0.1) is 13.8 Å². The maximum Gasteiger partial charge on any atom is 0.416 e. The van der Waals surface area contributed by atoms with Crippen LogP contribution in [-0.4, -0.2) is 17.8 Å². The summed E-state index contributed by atoms with van der Waals surface area (Å²) in [7, 11) is 0. The predicted octanol–water partition coefficient (Wildman–Crippen LogP) is 15.0. The number of rotatable bonds is 6. The molecule has 1 aliphatic rings. The average molecular weight is 809 g/mol. The summed E-state index contributed by atoms with van der Waals surface area (Å²) >= 11 is 1.49. The summed E-state index contributed by atoms with van der Waals surface area (Å²) in [5, 5.41) is 0. The Morgan fingerprint density at radius 1 is 0.418 bits per heavy atom. The summed E-state index contributed by atoms with van der Waals surface area (Å²) in [4.78, 5) is -0.199. The van der Waals surface area contributed by atoms with Gasteiger partial charge in [-0.2, -0.15) is 52.7 Å². The first kappa shape index (κ1) is 38.5. The number of alkyl halides is 12. The fourth-order valence-corrected chi connectivity index (χ4v) is 8.71. The topological polar surface area (TPSA) is 0 Å². The van der Waals surface area contributed by atoms with E-state index in [2.05, 4.69) is 0 Å². The van der Waals surface area contributed by atoms with Gasteiger partial charge in [0.25, 0.3) is 0 Å². The largest absolute Gasteiger partial charge is 0.416 e. The summed E-state index contributed by atoms with van der Waals surface area (Å²) in [5.41, 5.74) is -4.94. The molecule has 1 aliphatic carbocycles. The SMILES string of the molecule is Cc1ccc(-c2cc(C3=C(c4cc(-c5ccc(C(F)(F)F)cc5)sc4-c4ccc(C)cc4)C(F)(F)C(F)(F)C3(F)F)c(-c3ccc(C(F)(F)F)cc3)s2)cc1. The second-order valence-electron chi connectivity index (χ2n) is 13.1. The molecule has 55 heavy (non-hydrogen) atoms. The van der Waals surface area contributed by atoms with Crippen molar-refractivity contribution in [3.63, 3.8) is 0 Å². The third-order valence-corrected chi connectivity index (χ3v) is 11.8. The molecule has 6 aromatic rings. The fraction of sp³-hybridized carbons (Fsp3) is 0.171. The Bertz CT molecular complexity index is 2410. The molecule has 0 amide bonds. The van der Waals surface area contributed by atoms with Gasteiger partial charge >= 0.3 is 30.1 Å². The van der Waals surface area contributed by atoms with E-state index in [1.54, 1.807) is 50.2 Å². The van der Waals surface area contributed by atoms with Gasteiger partial charge in [-0.25, -0.2) is 0 Å². The number of hydrogen-bond acceptors (Lipinski definition) is 2. The summed E-state index contributed by atoms with van der Waals surface area (Å²) in [6.45, 7) is 3.48. The molecule has 2 heterocycles. The van der Waals surface area contributed by atoms with Crippen molar-refractivity contribution in [3.05, 3.63) is 143 Å². The lowest BCUT2D eigenvalue weighted by molar-refractivity contribution is -0.254. The molecule has 7 rings (SSSR count). The zero-order valence-corrected chi connectivity index (χ0v) is 29.9. The molecule has 0 radical (unpaired) electrons. The highest BCUT2D eigenvalue weighted by Crippen LogP contribution is 2.67. The fourth-order valence-electron chi connectivity index (χ4n) is 6.36. The highest BCUT2D eigenvalue weighted by Gasteiger charge is 2.80. The van der Waals surface area contributed by atoms with Gasteiger partial charge in [0.05, 0.1) is 11.1 Å². The van der Waals surface area contributed by atoms with Crippen LogP contribution in [0.25, 0.3) is 52.9 Å². The first-order valence-electron chi connectivity index (χ1n) is 16.3. The molecule has 4 aromatic carbocycles. The van der Waals surface area contributed by atoms with Gasteiger partial charge in [-0.1, -0.05) is 83.9 Å². The van der Waals surface area contributed by atoms with Crippen molar-refractivity contribution in [2.75, 3.05) is 0 Å². The smallest absolute Gasteiger partial charge is 0.194 e. The van der Waals surface area contributed by atoms with E-state index in [0.29, 0.717) is 17.7 Å². The van der Waals surface area contributed by atoms with Crippen LogP contribution in [0.3, 0.4) is 0 Å². The number of allylic oxidation sites excluding steroid dienone is 2. The highest BCUT2D eigenvalue weighted by molar-refractivity contribution is 7.19. The first-order chi connectivity index (χ1) is 25.6. The van der Waals surface area contributed by atoms with Crippen LogP contribution >= 0.6 is 22.7 Å². The molecule has 0 nitrogen and oxygen atoms in total. The zero-order valence-electron chi connectivity index (χ0n) is 28.2. The van der Waals surface area contributed by atoms with E-state index < -0.39 is 63.5 Å². The molecule has 284 valence electrons. The van der Waals surface area contributed by atoms with E-state index in [9.17, 15) is 26.3 Å². The Balaban J connectivity index is 1.55. The van der Waals surface area contributed by atoms with Crippen LogP contribution < -0.4 is 0 Å². The van der Waals surface area contributed by atoms with Crippen LogP contribution in [0.5, 0.6) is 0 Å². The molecule has 0 saturated heterocycles. The molecule has 0 bridgehead atoms. The van der Waals surface area contributed by atoms with Crippen molar-refractivity contribution >= 4 is 33.8 Å². The summed E-state index contributed by atoms with van der Waals surface area (Å²) in [6.07, 6.45) is -9.49. The molecular formula is C41H24F12S2. The highest BCUT2D eigenvalue weighted by atomic mass is 32.1. The number of aryl methyl sites for hydroxylation is 2. The Morgan fingerprint density at radius 3 is 1.04 bits per heavy atom. The summed E-state index contributed by atoms with van der Waals surface area (Å²) < 4.78 is 178. The molecule has 0 unspecified atom stereocenters. The lowest BCUT2D eigenvalue weighted by Crippen LogP contribution is -2.48. The number of benzene rings is 4. The average Bonchev–Trinajstić information content (AvgIpc) is 3.78. The molecule has 0 atom stereocenters. The van der Waals surface area contributed by atoms with Crippen LogP contribution in [0.4, 0.5) is 52.7 Å². The van der Waals surface area contributed by atoms with Gasteiger partial charge < -0.3 is 0 Å². The van der Waals surface area contributed by atoms with Gasteiger partial charge in [0.15, 0.2) is 0 Å². The van der Waals surface area contributed by atoms with Gasteiger partial charge in [0.2, 0.25) is 0 Å². The Labute approximate surface area is 314 Å². The number of halogens is 12. The van der Waals surface area contributed by atoms with Crippen molar-refractivity contribution in [2.45, 2.75) is 44.0 Å². The summed E-state index contributed by atoms with van der Waals surface area (Å²) in [6, 6.07) is 21.5. The molecule has 0 saturated carbocycles. The van der Waals surface area contributed by atoms with Crippen molar-refractivity contribution in [1.82, 2.24) is 0 Å². The van der Waals surface area contributed by atoms with Crippen LogP contribution in [0.1, 0.15) is 33.4 Å². The van der Waals surface area contributed by atoms with Gasteiger partial charge in [0.1, 0.15) is 0 Å². The van der Waals surface area contributed by atoms with Gasteiger partial charge in [-0.3, -0.25) is 0 Å². The minimum absolute atomic E-state index is 0.0223. The first-order valence-corrected chi connectivity index (χ1v) is 17.9. The molecule has 2 aromatic heterocycles. The van der Waals surface area contributed by atoms with Crippen molar-refractivity contribution in [3.8, 4) is 41.8 Å². The van der Waals surface area contributed by atoms with Gasteiger partial charge in [-0.15, -0.1) is 22.7 Å². The minimum Gasteiger partial charge on any atom is -0.194 e. The van der Waals surface area contributed by atoms with Crippen molar-refractivity contribution in [2.24, 2.45) is 0 Å². The third-order valence-electron chi connectivity index (χ3n) is 9.29. The lowest BCUT2D eigenvalue weighted by Gasteiger charge is -2.26. The maximum atomic E-state index is 16.4. The molecule has 0 aliphatic heterocycles. The Kier molecular flexibility index (Phi) is 9.19. The van der Waals surface area contributed by atoms with E-state index in [0.717, 1.165) is 82.3 Å². The predicted molar refractivity (Wildman–Crippen MR) is 192 cm³/mol. The second-order valence-corrected chi connectivity index (χ2v) is 15.2. The molecular weight excluding hydrogens is 785 g/mol. The molecule has 0 fully saturated rings. The van der Waals surface area contributed by atoms with Crippen LogP contribution in [0.15, 0.2) is 109 Å². The quantitative estimate of drug-likeness (QED) is 0.147. The minimum atomic E-state index is -5.99. The third kappa shape index (κ3) is 6.56. The van der Waals surface area contributed by atoms with Gasteiger partial charge in [0, 0.05) is 41.8 Å². The van der Waals surface area contributed by atoms with E-state index >= 15 is 26.3 Å². The van der Waals surface area contributed by atoms with E-state index in [1.165, 1.54) is 12.1 Å². The molecule has 0 spiro atoms. The summed E-state index contributed by atoms with van der Waals surface area (Å²) in [5.74, 6) is -17.0. The van der Waals surface area contributed by atoms with Crippen LogP contribution in [-0.2, 0) is 12.4 Å². The van der Waals surface area contributed by atoms with Crippen molar-refractivity contribution in [1.29, 1.82) is 0 Å². The number of thiophene rings is 2. The zero-order chi connectivity index (χ0) is 39.9. The molecule has 0 N–H and O–H groups in total. The lowest BCUT2D eigenvalue weighted by atomic mass is 9.91. The number of hydrogen-bond donors (Lipinski definition) is 0. The Morgan fingerprint density at radius 2 is 0.709 bits per heavy atom. The van der Waals surface area contributed by atoms with Gasteiger partial charge in [-0.05, 0) is 72.5 Å². The monoisotopic (exact) mass is 808 g/mol. The van der Waals surface area contributed by atoms with E-state index in [4.69, 9.17) is 0 Å². The standard InChI is InChI=1S/C41H24F12S2/c1-21-3-7-23(8-4-21)31-19-30(36(54-31)26-13-17-28(18-14-26)40(49,50)51)34-33(37(42,43)41(52,53)38(34,44)45)29-20-32(24-11-15-27(16-12-24)39(46,47)48)55-35(29)25-9-5-22(2)6-10-25/h3-20H,1-2H3. The van der Waals surface area contributed by atoms with E-state index in [-0.39, 0.29) is 36.2 Å². The van der Waals surface area contributed by atoms with Crippen molar-refractivity contribution < 1.29 is 52.7 Å². The van der Waals surface area contributed by atoms with Crippen LogP contribution in [0.2, 0.25) is 0 Å². The molecule has 14 heteroatoms. The Hall–Kier alpha value is -4.82. The van der Waals surface area contributed by atoms with E-state index in [1.807, 2.05) is 0 Å². The maximum absolute atomic E-state index is 16.4. The normalized spacial score (nSPS) is 16.5.